The van der Waals surface area contributed by atoms with E-state index in [0.717, 1.165) is 4.90 Å². The largest absolute Gasteiger partial charge is 0.469 e. The zero-order valence-corrected chi connectivity index (χ0v) is 12.4. The molecule has 0 fully saturated rings. The molecule has 0 aliphatic carbocycles. The minimum Gasteiger partial charge on any atom is -0.469 e. The maximum absolute atomic E-state index is 12.7. The number of benzene rings is 1. The van der Waals surface area contributed by atoms with Gasteiger partial charge in [0.1, 0.15) is 5.82 Å². The number of carbonyl (C=O) groups is 2. The lowest BCUT2D eigenvalue weighted by molar-refractivity contribution is -0.141. The quantitative estimate of drug-likeness (QED) is 0.572. The third-order valence-electron chi connectivity index (χ3n) is 2.72. The fraction of sp³-hybridized carbons (Fsp3) is 0.429. The highest BCUT2D eigenvalue weighted by Crippen LogP contribution is 2.18. The van der Waals surface area contributed by atoms with Crippen molar-refractivity contribution in [3.05, 3.63) is 30.1 Å². The number of rotatable bonds is 7. The SMILES string of the molecule is CCN(CCC(=O)OC)C(=O)CSc1ccc(F)cc1. The number of thioether (sulfide) groups is 1. The lowest BCUT2D eigenvalue weighted by Crippen LogP contribution is -2.34. The molecule has 0 aliphatic heterocycles. The molecule has 0 aromatic heterocycles. The molecular weight excluding hydrogens is 281 g/mol. The second kappa shape index (κ2) is 8.58. The summed E-state index contributed by atoms with van der Waals surface area (Å²) in [7, 11) is 1.32. The molecule has 110 valence electrons. The fourth-order valence-corrected chi connectivity index (χ4v) is 2.36. The Balaban J connectivity index is 2.42. The van der Waals surface area contributed by atoms with Gasteiger partial charge in [0, 0.05) is 18.0 Å². The Morgan fingerprint density at radius 3 is 2.50 bits per heavy atom. The third kappa shape index (κ3) is 5.61. The van der Waals surface area contributed by atoms with Crippen LogP contribution in [0.4, 0.5) is 4.39 Å². The van der Waals surface area contributed by atoms with E-state index < -0.39 is 0 Å². The number of carbonyl (C=O) groups excluding carboxylic acids is 2. The number of methoxy groups -OCH3 is 1. The molecule has 1 rings (SSSR count). The highest BCUT2D eigenvalue weighted by Gasteiger charge is 2.13. The van der Waals surface area contributed by atoms with Crippen LogP contribution in [0.5, 0.6) is 0 Å². The van der Waals surface area contributed by atoms with Crippen LogP contribution in [0, 0.1) is 5.82 Å². The number of esters is 1. The summed E-state index contributed by atoms with van der Waals surface area (Å²) in [6.45, 7) is 2.75. The number of amides is 1. The van der Waals surface area contributed by atoms with Crippen LogP contribution >= 0.6 is 11.8 Å². The van der Waals surface area contributed by atoms with Crippen molar-refractivity contribution in [2.75, 3.05) is 26.0 Å². The smallest absolute Gasteiger partial charge is 0.307 e. The highest BCUT2D eigenvalue weighted by atomic mass is 32.2. The number of nitrogens with zero attached hydrogens (tertiary/aromatic N) is 1. The monoisotopic (exact) mass is 299 g/mol. The molecule has 0 radical (unpaired) electrons. The van der Waals surface area contributed by atoms with Gasteiger partial charge >= 0.3 is 5.97 Å². The van der Waals surface area contributed by atoms with Gasteiger partial charge in [-0.15, -0.1) is 11.8 Å². The molecule has 0 saturated heterocycles. The van der Waals surface area contributed by atoms with E-state index in [9.17, 15) is 14.0 Å². The van der Waals surface area contributed by atoms with Gasteiger partial charge in [0.2, 0.25) is 5.91 Å². The number of hydrogen-bond acceptors (Lipinski definition) is 4. The standard InChI is InChI=1S/C14H18FNO3S/c1-3-16(9-8-14(18)19-2)13(17)10-20-12-6-4-11(15)5-7-12/h4-7H,3,8-10H2,1-2H3. The lowest BCUT2D eigenvalue weighted by Gasteiger charge is -2.20. The van der Waals surface area contributed by atoms with Crippen molar-refractivity contribution >= 4 is 23.6 Å². The van der Waals surface area contributed by atoms with Crippen LogP contribution in [0.25, 0.3) is 0 Å². The molecule has 0 N–H and O–H groups in total. The second-order valence-electron chi connectivity index (χ2n) is 4.04. The van der Waals surface area contributed by atoms with Gasteiger partial charge in [-0.2, -0.15) is 0 Å². The normalized spacial score (nSPS) is 10.2. The molecule has 0 saturated carbocycles. The van der Waals surface area contributed by atoms with Gasteiger partial charge < -0.3 is 9.64 Å². The van der Waals surface area contributed by atoms with E-state index in [2.05, 4.69) is 4.74 Å². The van der Waals surface area contributed by atoms with Crippen LogP contribution in [0.2, 0.25) is 0 Å². The Labute approximate surface area is 122 Å². The first-order valence-corrected chi connectivity index (χ1v) is 7.28. The molecule has 0 atom stereocenters. The van der Waals surface area contributed by atoms with Crippen molar-refractivity contribution in [2.45, 2.75) is 18.2 Å². The molecule has 0 spiro atoms. The molecule has 0 aliphatic rings. The number of ether oxygens (including phenoxy) is 1. The first-order chi connectivity index (χ1) is 9.56. The van der Waals surface area contributed by atoms with Gasteiger partial charge in [-0.3, -0.25) is 9.59 Å². The van der Waals surface area contributed by atoms with Gasteiger partial charge in [0.15, 0.2) is 0 Å². The first-order valence-electron chi connectivity index (χ1n) is 6.29. The molecular formula is C14H18FNO3S. The molecule has 0 heterocycles. The summed E-state index contributed by atoms with van der Waals surface area (Å²) < 4.78 is 17.3. The maximum Gasteiger partial charge on any atom is 0.307 e. The second-order valence-corrected chi connectivity index (χ2v) is 5.09. The van der Waals surface area contributed by atoms with Crippen LogP contribution in [0.3, 0.4) is 0 Å². The average Bonchev–Trinajstić information content (AvgIpc) is 2.47. The van der Waals surface area contributed by atoms with E-state index >= 15 is 0 Å². The van der Waals surface area contributed by atoms with Crippen molar-refractivity contribution in [3.8, 4) is 0 Å². The van der Waals surface area contributed by atoms with Crippen molar-refractivity contribution < 1.29 is 18.7 Å². The van der Waals surface area contributed by atoms with Gasteiger partial charge in [-0.25, -0.2) is 4.39 Å². The Morgan fingerprint density at radius 1 is 1.30 bits per heavy atom. The van der Waals surface area contributed by atoms with Gasteiger partial charge in [0.05, 0.1) is 19.3 Å². The minimum atomic E-state index is -0.331. The summed E-state index contributed by atoms with van der Waals surface area (Å²) in [6, 6.07) is 6.00. The van der Waals surface area contributed by atoms with Crippen LogP contribution < -0.4 is 0 Å². The van der Waals surface area contributed by atoms with E-state index in [1.165, 1.54) is 31.0 Å². The topological polar surface area (TPSA) is 46.6 Å². The third-order valence-corrected chi connectivity index (χ3v) is 3.72. The highest BCUT2D eigenvalue weighted by molar-refractivity contribution is 8.00. The number of hydrogen-bond donors (Lipinski definition) is 0. The summed E-state index contributed by atoms with van der Waals surface area (Å²) in [4.78, 5) is 25.5. The number of halogens is 1. The van der Waals surface area contributed by atoms with Crippen molar-refractivity contribution in [3.63, 3.8) is 0 Å². The van der Waals surface area contributed by atoms with E-state index in [1.54, 1.807) is 17.0 Å². The molecule has 6 heteroatoms. The maximum atomic E-state index is 12.7. The summed E-state index contributed by atoms with van der Waals surface area (Å²) >= 11 is 1.35. The molecule has 20 heavy (non-hydrogen) atoms. The lowest BCUT2D eigenvalue weighted by atomic mass is 10.3. The van der Waals surface area contributed by atoms with E-state index in [1.807, 2.05) is 6.92 Å². The van der Waals surface area contributed by atoms with E-state index in [-0.39, 0.29) is 29.9 Å². The summed E-state index contributed by atoms with van der Waals surface area (Å²) in [5.41, 5.74) is 0. The Hall–Kier alpha value is -1.56. The van der Waals surface area contributed by atoms with Crippen LogP contribution in [0.1, 0.15) is 13.3 Å². The Kier molecular flexibility index (Phi) is 7.08. The first kappa shape index (κ1) is 16.5. The van der Waals surface area contributed by atoms with Crippen molar-refractivity contribution in [1.29, 1.82) is 0 Å². The van der Waals surface area contributed by atoms with Crippen molar-refractivity contribution in [2.24, 2.45) is 0 Å². The molecule has 4 nitrogen and oxygen atoms in total. The minimum absolute atomic E-state index is 0.0503. The molecule has 0 unspecified atom stereocenters. The fourth-order valence-electron chi connectivity index (χ4n) is 1.55. The molecule has 0 bridgehead atoms. The molecule has 1 amide bonds. The van der Waals surface area contributed by atoms with E-state index in [4.69, 9.17) is 0 Å². The van der Waals surface area contributed by atoms with Crippen LogP contribution in [-0.4, -0.2) is 42.7 Å². The zero-order valence-electron chi connectivity index (χ0n) is 11.6. The zero-order chi connectivity index (χ0) is 15.0. The predicted molar refractivity (Wildman–Crippen MR) is 76.0 cm³/mol. The van der Waals surface area contributed by atoms with Crippen LogP contribution in [-0.2, 0) is 14.3 Å². The summed E-state index contributed by atoms with van der Waals surface area (Å²) in [5, 5.41) is 0. The van der Waals surface area contributed by atoms with Gasteiger partial charge in [-0.1, -0.05) is 0 Å². The van der Waals surface area contributed by atoms with E-state index in [0.29, 0.717) is 13.1 Å². The predicted octanol–water partition coefficient (Wildman–Crippen LogP) is 2.33. The van der Waals surface area contributed by atoms with Crippen molar-refractivity contribution in [1.82, 2.24) is 4.90 Å². The average molecular weight is 299 g/mol. The summed E-state index contributed by atoms with van der Waals surface area (Å²) in [6.07, 6.45) is 0.192. The summed E-state index contributed by atoms with van der Waals surface area (Å²) in [5.74, 6) is -0.414. The van der Waals surface area contributed by atoms with Crippen LogP contribution in [0.15, 0.2) is 29.2 Å². The molecule has 1 aromatic rings. The van der Waals surface area contributed by atoms with Gasteiger partial charge in [0.25, 0.3) is 0 Å². The Bertz CT molecular complexity index is 450. The Morgan fingerprint density at radius 2 is 1.95 bits per heavy atom. The molecule has 1 aromatic carbocycles. The van der Waals surface area contributed by atoms with Gasteiger partial charge in [-0.05, 0) is 31.2 Å².